The lowest BCUT2D eigenvalue weighted by Gasteiger charge is -2.17. The van der Waals surface area contributed by atoms with Crippen LogP contribution < -0.4 is 9.62 Å². The Kier molecular flexibility index (Phi) is 4.25. The zero-order valence-corrected chi connectivity index (χ0v) is 14.0. The Morgan fingerprint density at radius 3 is 2.87 bits per heavy atom. The fourth-order valence-corrected chi connectivity index (χ4v) is 4.03. The molecule has 2 heterocycles. The molecule has 1 aromatic carbocycles. The van der Waals surface area contributed by atoms with E-state index in [1.54, 1.807) is 0 Å². The Morgan fingerprint density at radius 2 is 2.22 bits per heavy atom. The van der Waals surface area contributed by atoms with E-state index in [9.17, 15) is 8.42 Å². The lowest BCUT2D eigenvalue weighted by Crippen LogP contribution is -2.25. The highest BCUT2D eigenvalue weighted by molar-refractivity contribution is 7.93. The molecule has 1 fully saturated rings. The summed E-state index contributed by atoms with van der Waals surface area (Å²) >= 11 is 0. The van der Waals surface area contributed by atoms with Crippen LogP contribution in [0.15, 0.2) is 28.8 Å². The van der Waals surface area contributed by atoms with Gasteiger partial charge in [-0.1, -0.05) is 31.1 Å². The van der Waals surface area contributed by atoms with Crippen LogP contribution in [-0.4, -0.2) is 30.9 Å². The van der Waals surface area contributed by atoms with Crippen molar-refractivity contribution in [3.05, 3.63) is 35.7 Å². The van der Waals surface area contributed by atoms with E-state index in [4.69, 9.17) is 4.52 Å². The van der Waals surface area contributed by atoms with Crippen molar-refractivity contribution in [2.24, 2.45) is 0 Å². The van der Waals surface area contributed by atoms with Crippen LogP contribution >= 0.6 is 0 Å². The maximum absolute atomic E-state index is 12.0. The van der Waals surface area contributed by atoms with Crippen LogP contribution in [0.5, 0.6) is 0 Å². The van der Waals surface area contributed by atoms with Crippen LogP contribution in [0.2, 0.25) is 0 Å². The molecule has 3 rings (SSSR count). The van der Waals surface area contributed by atoms with E-state index >= 15 is 0 Å². The predicted molar refractivity (Wildman–Crippen MR) is 87.9 cm³/mol. The van der Waals surface area contributed by atoms with Gasteiger partial charge >= 0.3 is 6.01 Å². The van der Waals surface area contributed by atoms with E-state index in [0.29, 0.717) is 37.0 Å². The first-order valence-electron chi connectivity index (χ1n) is 7.62. The second-order valence-electron chi connectivity index (χ2n) is 5.88. The molecule has 0 atom stereocenters. The van der Waals surface area contributed by atoms with Gasteiger partial charge in [-0.3, -0.25) is 4.31 Å². The summed E-state index contributed by atoms with van der Waals surface area (Å²) in [6, 6.07) is 7.84. The lowest BCUT2D eigenvalue weighted by atomic mass is 10.2. The number of rotatable bonds is 5. The van der Waals surface area contributed by atoms with Crippen LogP contribution in [0.1, 0.15) is 37.6 Å². The molecule has 7 nitrogen and oxygen atoms in total. The Morgan fingerprint density at radius 1 is 1.39 bits per heavy atom. The second kappa shape index (κ2) is 6.19. The zero-order chi connectivity index (χ0) is 16.4. The van der Waals surface area contributed by atoms with Gasteiger partial charge in [-0.05, 0) is 24.1 Å². The molecule has 0 spiro atoms. The fourth-order valence-electron chi connectivity index (χ4n) is 2.47. The van der Waals surface area contributed by atoms with Gasteiger partial charge in [-0.25, -0.2) is 8.42 Å². The summed E-state index contributed by atoms with van der Waals surface area (Å²) < 4.78 is 30.6. The summed E-state index contributed by atoms with van der Waals surface area (Å²) in [7, 11) is -3.16. The average Bonchev–Trinajstić information content (AvgIpc) is 3.11. The molecule has 0 saturated carbocycles. The summed E-state index contributed by atoms with van der Waals surface area (Å²) in [4.78, 5) is 4.25. The molecule has 2 aromatic rings. The van der Waals surface area contributed by atoms with E-state index in [-0.39, 0.29) is 11.7 Å². The largest absolute Gasteiger partial charge is 0.334 e. The number of aromatic nitrogens is 2. The summed E-state index contributed by atoms with van der Waals surface area (Å²) in [6.45, 7) is 5.02. The highest BCUT2D eigenvalue weighted by atomic mass is 32.2. The molecule has 0 unspecified atom stereocenters. The molecular formula is C15H20N4O3S. The van der Waals surface area contributed by atoms with E-state index in [0.717, 1.165) is 5.56 Å². The van der Waals surface area contributed by atoms with E-state index in [1.165, 1.54) is 4.31 Å². The number of anilines is 2. The van der Waals surface area contributed by atoms with Crippen LogP contribution in [0.25, 0.3) is 0 Å². The van der Waals surface area contributed by atoms with Crippen molar-refractivity contribution in [1.29, 1.82) is 0 Å². The molecule has 0 amide bonds. The Labute approximate surface area is 135 Å². The molecule has 0 aliphatic carbocycles. The van der Waals surface area contributed by atoms with Gasteiger partial charge in [-0.15, -0.1) is 0 Å². The molecule has 124 valence electrons. The van der Waals surface area contributed by atoms with Crippen LogP contribution in [-0.2, 0) is 16.6 Å². The van der Waals surface area contributed by atoms with E-state index in [2.05, 4.69) is 15.5 Å². The molecule has 23 heavy (non-hydrogen) atoms. The van der Waals surface area contributed by atoms with Gasteiger partial charge in [0.25, 0.3) is 0 Å². The maximum Gasteiger partial charge on any atom is 0.321 e. The molecule has 8 heteroatoms. The first-order chi connectivity index (χ1) is 11.0. The Bertz CT molecular complexity index is 786. The minimum Gasteiger partial charge on any atom is -0.334 e. The van der Waals surface area contributed by atoms with Crippen molar-refractivity contribution in [2.75, 3.05) is 21.9 Å². The van der Waals surface area contributed by atoms with Crippen molar-refractivity contribution in [3.8, 4) is 0 Å². The first-order valence-corrected chi connectivity index (χ1v) is 9.23. The number of nitrogens with zero attached hydrogens (tertiary/aromatic N) is 3. The summed E-state index contributed by atoms with van der Waals surface area (Å²) in [5, 5.41) is 6.96. The third-order valence-corrected chi connectivity index (χ3v) is 5.57. The van der Waals surface area contributed by atoms with Crippen molar-refractivity contribution in [2.45, 2.75) is 32.7 Å². The minimum absolute atomic E-state index is 0.206. The summed E-state index contributed by atoms with van der Waals surface area (Å²) in [5.74, 6) is 1.08. The van der Waals surface area contributed by atoms with Gasteiger partial charge in [0.15, 0.2) is 5.82 Å². The topological polar surface area (TPSA) is 88.3 Å². The van der Waals surface area contributed by atoms with E-state index in [1.807, 2.05) is 38.1 Å². The van der Waals surface area contributed by atoms with Gasteiger partial charge in [0.05, 0.1) is 11.4 Å². The molecule has 1 aliphatic heterocycles. The fraction of sp³-hybridized carbons (Fsp3) is 0.467. The van der Waals surface area contributed by atoms with Crippen LogP contribution in [0.3, 0.4) is 0 Å². The highest BCUT2D eigenvalue weighted by Crippen LogP contribution is 2.25. The Hall–Kier alpha value is -2.09. The lowest BCUT2D eigenvalue weighted by molar-refractivity contribution is 0.419. The zero-order valence-electron chi connectivity index (χ0n) is 13.2. The van der Waals surface area contributed by atoms with Crippen molar-refractivity contribution in [3.63, 3.8) is 0 Å². The van der Waals surface area contributed by atoms with Gasteiger partial charge in [0.2, 0.25) is 10.0 Å². The van der Waals surface area contributed by atoms with Crippen molar-refractivity contribution >= 4 is 21.7 Å². The minimum atomic E-state index is -3.16. The van der Waals surface area contributed by atoms with Crippen molar-refractivity contribution in [1.82, 2.24) is 10.1 Å². The molecule has 1 aromatic heterocycles. The number of benzene rings is 1. The molecule has 0 bridgehead atoms. The summed E-state index contributed by atoms with van der Waals surface area (Å²) in [5.41, 5.74) is 1.66. The standard InChI is InChI=1S/C15H20N4O3S/c1-11(2)14-17-15(22-18-14)16-10-12-5-3-6-13(9-12)19-7-4-8-23(19,20)21/h3,5-6,9,11H,4,7-8,10H2,1-2H3,(H,16,17,18). The molecule has 0 radical (unpaired) electrons. The number of nitrogens with one attached hydrogen (secondary N) is 1. The third kappa shape index (κ3) is 3.47. The molecule has 1 saturated heterocycles. The number of sulfonamides is 1. The normalized spacial score (nSPS) is 16.9. The predicted octanol–water partition coefficient (Wildman–Crippen LogP) is 2.35. The van der Waals surface area contributed by atoms with Gasteiger partial charge < -0.3 is 9.84 Å². The van der Waals surface area contributed by atoms with Crippen LogP contribution in [0.4, 0.5) is 11.7 Å². The molecule has 1 aliphatic rings. The summed E-state index contributed by atoms with van der Waals surface area (Å²) in [6.07, 6.45) is 0.671. The molecular weight excluding hydrogens is 316 g/mol. The third-order valence-electron chi connectivity index (χ3n) is 3.70. The number of hydrogen-bond acceptors (Lipinski definition) is 6. The van der Waals surface area contributed by atoms with Gasteiger partial charge in [-0.2, -0.15) is 4.98 Å². The Balaban J connectivity index is 1.70. The number of hydrogen-bond donors (Lipinski definition) is 1. The quantitative estimate of drug-likeness (QED) is 0.901. The second-order valence-corrected chi connectivity index (χ2v) is 7.89. The highest BCUT2D eigenvalue weighted by Gasteiger charge is 2.28. The SMILES string of the molecule is CC(C)c1noc(NCc2cccc(N3CCCS3(=O)=O)c2)n1. The maximum atomic E-state index is 12.0. The van der Waals surface area contributed by atoms with E-state index < -0.39 is 10.0 Å². The van der Waals surface area contributed by atoms with Crippen molar-refractivity contribution < 1.29 is 12.9 Å². The van der Waals surface area contributed by atoms with Crippen LogP contribution in [0, 0.1) is 0 Å². The monoisotopic (exact) mass is 336 g/mol. The smallest absolute Gasteiger partial charge is 0.321 e. The van der Waals surface area contributed by atoms with Gasteiger partial charge in [0, 0.05) is 19.0 Å². The average molecular weight is 336 g/mol. The molecule has 1 N–H and O–H groups in total. The van der Waals surface area contributed by atoms with Gasteiger partial charge in [0.1, 0.15) is 0 Å². The first kappa shape index (κ1) is 15.8.